The Morgan fingerprint density at radius 2 is 1.48 bits per heavy atom. The SMILES string of the molecule is Nc1ccc2nccc(Cl)c2c1.O=C(Nc1ccc2nccc(Cl)c2c1)C1CC1. The number of aromatic nitrogens is 2. The standard InChI is InChI=1S/C13H11ClN2O.C9H7ClN2/c14-11-5-6-15-12-4-3-9(7-10(11)12)16-13(17)8-1-2-8;10-8-3-4-12-9-2-1-6(11)5-7(8)9/h3-8H,1-2H2,(H,16,17);1-5H,11H2. The number of benzene rings is 2. The second-order valence-electron chi connectivity index (χ2n) is 6.86. The van der Waals surface area contributed by atoms with Gasteiger partial charge in [0.15, 0.2) is 0 Å². The first kappa shape index (κ1) is 19.4. The Bertz CT molecular complexity index is 1210. The van der Waals surface area contributed by atoms with Crippen LogP contribution in [0, 0.1) is 5.92 Å². The van der Waals surface area contributed by atoms with Crippen LogP contribution < -0.4 is 11.1 Å². The Morgan fingerprint density at radius 1 is 0.897 bits per heavy atom. The molecule has 1 aliphatic rings. The molecule has 0 saturated heterocycles. The molecule has 29 heavy (non-hydrogen) atoms. The fourth-order valence-corrected chi connectivity index (χ4v) is 3.33. The first-order valence-electron chi connectivity index (χ1n) is 9.16. The lowest BCUT2D eigenvalue weighted by molar-refractivity contribution is -0.117. The summed E-state index contributed by atoms with van der Waals surface area (Å²) in [6.45, 7) is 0. The van der Waals surface area contributed by atoms with Gasteiger partial charge in [0.25, 0.3) is 0 Å². The number of nitrogen functional groups attached to an aromatic ring is 1. The summed E-state index contributed by atoms with van der Waals surface area (Å²) in [7, 11) is 0. The number of amides is 1. The van der Waals surface area contributed by atoms with Crippen molar-refractivity contribution < 1.29 is 4.79 Å². The highest BCUT2D eigenvalue weighted by atomic mass is 35.5. The number of nitrogens with one attached hydrogen (secondary N) is 1. The third-order valence-corrected chi connectivity index (χ3v) is 5.28. The van der Waals surface area contributed by atoms with Crippen molar-refractivity contribution in [2.45, 2.75) is 12.8 Å². The number of hydrogen-bond donors (Lipinski definition) is 2. The highest BCUT2D eigenvalue weighted by Gasteiger charge is 2.29. The zero-order valence-electron chi connectivity index (χ0n) is 15.4. The Morgan fingerprint density at radius 3 is 2.10 bits per heavy atom. The van der Waals surface area contributed by atoms with E-state index >= 15 is 0 Å². The van der Waals surface area contributed by atoms with E-state index in [0.717, 1.165) is 40.3 Å². The molecule has 2 aromatic carbocycles. The quantitative estimate of drug-likeness (QED) is 0.403. The van der Waals surface area contributed by atoms with Gasteiger partial charge in [-0.25, -0.2) is 0 Å². The topological polar surface area (TPSA) is 80.9 Å². The van der Waals surface area contributed by atoms with Crippen molar-refractivity contribution in [2.75, 3.05) is 11.1 Å². The van der Waals surface area contributed by atoms with Crippen LogP contribution in [0.15, 0.2) is 60.9 Å². The van der Waals surface area contributed by atoms with E-state index in [1.807, 2.05) is 36.4 Å². The van der Waals surface area contributed by atoms with Gasteiger partial charge in [-0.3, -0.25) is 14.8 Å². The zero-order valence-corrected chi connectivity index (χ0v) is 16.9. The largest absolute Gasteiger partial charge is 0.399 e. The molecule has 5 rings (SSSR count). The molecule has 1 aliphatic carbocycles. The van der Waals surface area contributed by atoms with E-state index in [2.05, 4.69) is 15.3 Å². The zero-order chi connectivity index (χ0) is 20.4. The van der Waals surface area contributed by atoms with Gasteiger partial charge in [0.1, 0.15) is 0 Å². The number of pyridine rings is 2. The lowest BCUT2D eigenvalue weighted by atomic mass is 10.2. The maximum atomic E-state index is 11.6. The first-order chi connectivity index (χ1) is 14.0. The van der Waals surface area contributed by atoms with Crippen LogP contribution in [0.4, 0.5) is 11.4 Å². The van der Waals surface area contributed by atoms with E-state index in [0.29, 0.717) is 15.7 Å². The van der Waals surface area contributed by atoms with Crippen LogP contribution in [0.1, 0.15) is 12.8 Å². The van der Waals surface area contributed by atoms with Gasteiger partial charge in [-0.15, -0.1) is 0 Å². The highest BCUT2D eigenvalue weighted by Crippen LogP contribution is 2.31. The second-order valence-corrected chi connectivity index (χ2v) is 7.67. The second kappa shape index (κ2) is 8.23. The average Bonchev–Trinajstić information content (AvgIpc) is 3.55. The maximum Gasteiger partial charge on any atom is 0.227 e. The van der Waals surface area contributed by atoms with Gasteiger partial charge < -0.3 is 11.1 Å². The minimum Gasteiger partial charge on any atom is -0.399 e. The molecule has 0 spiro atoms. The molecule has 3 N–H and O–H groups in total. The molecule has 0 radical (unpaired) electrons. The number of fused-ring (bicyclic) bond motifs is 2. The van der Waals surface area contributed by atoms with Crippen molar-refractivity contribution in [3.8, 4) is 0 Å². The van der Waals surface area contributed by atoms with Gasteiger partial charge in [0.05, 0.1) is 21.1 Å². The smallest absolute Gasteiger partial charge is 0.227 e. The molecule has 4 aromatic rings. The summed E-state index contributed by atoms with van der Waals surface area (Å²) in [5.74, 6) is 0.305. The summed E-state index contributed by atoms with van der Waals surface area (Å²) in [6, 6.07) is 14.6. The van der Waals surface area contributed by atoms with Crippen LogP contribution >= 0.6 is 23.2 Å². The average molecular weight is 425 g/mol. The van der Waals surface area contributed by atoms with Crippen molar-refractivity contribution in [3.63, 3.8) is 0 Å². The summed E-state index contributed by atoms with van der Waals surface area (Å²) >= 11 is 12.0. The molecule has 0 unspecified atom stereocenters. The third kappa shape index (κ3) is 4.58. The lowest BCUT2D eigenvalue weighted by Gasteiger charge is -2.06. The monoisotopic (exact) mass is 424 g/mol. The number of hydrogen-bond acceptors (Lipinski definition) is 4. The fourth-order valence-electron chi connectivity index (χ4n) is 2.91. The van der Waals surface area contributed by atoms with E-state index in [-0.39, 0.29) is 11.8 Å². The van der Waals surface area contributed by atoms with E-state index in [1.165, 1.54) is 0 Å². The van der Waals surface area contributed by atoms with Crippen molar-refractivity contribution in [2.24, 2.45) is 5.92 Å². The maximum absolute atomic E-state index is 11.6. The van der Waals surface area contributed by atoms with Crippen LogP contribution in [-0.2, 0) is 4.79 Å². The Hall–Kier alpha value is -2.89. The lowest BCUT2D eigenvalue weighted by Crippen LogP contribution is -2.13. The van der Waals surface area contributed by atoms with Crippen LogP contribution in [-0.4, -0.2) is 15.9 Å². The van der Waals surface area contributed by atoms with Crippen LogP contribution in [0.2, 0.25) is 10.0 Å². The molecular weight excluding hydrogens is 407 g/mol. The van der Waals surface area contributed by atoms with E-state index in [9.17, 15) is 4.79 Å². The summed E-state index contributed by atoms with van der Waals surface area (Å²) in [4.78, 5) is 20.0. The molecule has 0 aliphatic heterocycles. The Balaban J connectivity index is 0.000000150. The van der Waals surface area contributed by atoms with Gasteiger partial charge in [-0.2, -0.15) is 0 Å². The first-order valence-corrected chi connectivity index (χ1v) is 9.92. The number of carbonyl (C=O) groups is 1. The Labute approximate surface area is 177 Å². The molecule has 0 atom stereocenters. The molecule has 1 saturated carbocycles. The van der Waals surface area contributed by atoms with Crippen molar-refractivity contribution in [1.29, 1.82) is 0 Å². The highest BCUT2D eigenvalue weighted by molar-refractivity contribution is 6.35. The van der Waals surface area contributed by atoms with E-state index in [4.69, 9.17) is 28.9 Å². The number of halogens is 2. The molecule has 2 heterocycles. The molecule has 7 heteroatoms. The predicted molar refractivity (Wildman–Crippen MR) is 119 cm³/mol. The van der Waals surface area contributed by atoms with E-state index < -0.39 is 0 Å². The number of rotatable bonds is 2. The van der Waals surface area contributed by atoms with Gasteiger partial charge >= 0.3 is 0 Å². The summed E-state index contributed by atoms with van der Waals surface area (Å²) in [6.07, 6.45) is 5.36. The number of anilines is 2. The molecule has 5 nitrogen and oxygen atoms in total. The van der Waals surface area contributed by atoms with Crippen molar-refractivity contribution in [1.82, 2.24) is 9.97 Å². The van der Waals surface area contributed by atoms with Crippen LogP contribution in [0.3, 0.4) is 0 Å². The molecular formula is C22H18Cl2N4O. The van der Waals surface area contributed by atoms with Crippen LogP contribution in [0.25, 0.3) is 21.8 Å². The number of carbonyl (C=O) groups excluding carboxylic acids is 1. The summed E-state index contributed by atoms with van der Waals surface area (Å²) < 4.78 is 0. The Kier molecular flexibility index (Phi) is 5.51. The number of nitrogens with two attached hydrogens (primary N) is 1. The van der Waals surface area contributed by atoms with Crippen molar-refractivity contribution in [3.05, 3.63) is 71.0 Å². The molecule has 2 aromatic heterocycles. The fraction of sp³-hybridized carbons (Fsp3) is 0.136. The molecule has 0 bridgehead atoms. The third-order valence-electron chi connectivity index (χ3n) is 4.62. The van der Waals surface area contributed by atoms with E-state index in [1.54, 1.807) is 24.5 Å². The molecule has 1 fully saturated rings. The summed E-state index contributed by atoms with van der Waals surface area (Å²) in [5.41, 5.74) is 8.80. The van der Waals surface area contributed by atoms with Crippen molar-refractivity contribution >= 4 is 62.3 Å². The molecule has 146 valence electrons. The van der Waals surface area contributed by atoms with Crippen LogP contribution in [0.5, 0.6) is 0 Å². The minimum atomic E-state index is 0.101. The predicted octanol–water partition coefficient (Wildman–Crippen LogP) is 5.71. The van der Waals surface area contributed by atoms with Gasteiger partial charge in [0, 0.05) is 40.5 Å². The molecule has 1 amide bonds. The minimum absolute atomic E-state index is 0.101. The normalized spacial score (nSPS) is 13.0. The van der Waals surface area contributed by atoms with Gasteiger partial charge in [-0.1, -0.05) is 23.2 Å². The van der Waals surface area contributed by atoms with Gasteiger partial charge in [0.2, 0.25) is 5.91 Å². The summed E-state index contributed by atoms with van der Waals surface area (Å²) in [5, 5.41) is 6.00. The van der Waals surface area contributed by atoms with Gasteiger partial charge in [-0.05, 0) is 61.4 Å². The number of nitrogens with zero attached hydrogens (tertiary/aromatic N) is 2.